The minimum absolute atomic E-state index is 0.0626. The molecule has 1 aromatic heterocycles. The van der Waals surface area contributed by atoms with Crippen molar-refractivity contribution >= 4 is 5.91 Å². The SMILES string of the molecule is CC(=O)N1CCC(c2nc(Cc3ccc(OC(F)(F)F)cc3)no2)CC1. The lowest BCUT2D eigenvalue weighted by Crippen LogP contribution is -2.36. The number of benzene rings is 1. The Hall–Kier alpha value is -2.58. The maximum absolute atomic E-state index is 12.2. The second kappa shape index (κ2) is 7.35. The van der Waals surface area contributed by atoms with Crippen molar-refractivity contribution in [3.8, 4) is 5.75 Å². The van der Waals surface area contributed by atoms with Crippen LogP contribution >= 0.6 is 0 Å². The molecule has 1 aliphatic rings. The number of hydrogen-bond donors (Lipinski definition) is 0. The molecule has 0 unspecified atom stereocenters. The predicted molar refractivity (Wildman–Crippen MR) is 84.5 cm³/mol. The topological polar surface area (TPSA) is 68.5 Å². The van der Waals surface area contributed by atoms with Crippen LogP contribution in [0, 0.1) is 0 Å². The molecule has 0 spiro atoms. The van der Waals surface area contributed by atoms with Crippen LogP contribution in [0.15, 0.2) is 28.8 Å². The van der Waals surface area contributed by atoms with Gasteiger partial charge in [0.25, 0.3) is 0 Å². The van der Waals surface area contributed by atoms with Crippen LogP contribution in [-0.2, 0) is 11.2 Å². The van der Waals surface area contributed by atoms with E-state index in [1.807, 2.05) is 0 Å². The third kappa shape index (κ3) is 4.74. The summed E-state index contributed by atoms with van der Waals surface area (Å²) in [6, 6.07) is 5.56. The van der Waals surface area contributed by atoms with Crippen LogP contribution in [0.25, 0.3) is 0 Å². The van der Waals surface area contributed by atoms with Crippen molar-refractivity contribution in [1.29, 1.82) is 0 Å². The number of likely N-dealkylation sites (tertiary alicyclic amines) is 1. The van der Waals surface area contributed by atoms with E-state index in [2.05, 4.69) is 14.9 Å². The number of alkyl halides is 3. The predicted octanol–water partition coefficient (Wildman–Crippen LogP) is 3.28. The van der Waals surface area contributed by atoms with Crippen molar-refractivity contribution in [2.24, 2.45) is 0 Å². The summed E-state index contributed by atoms with van der Waals surface area (Å²) in [7, 11) is 0. The smallest absolute Gasteiger partial charge is 0.406 e. The monoisotopic (exact) mass is 369 g/mol. The summed E-state index contributed by atoms with van der Waals surface area (Å²) in [6.45, 7) is 2.88. The van der Waals surface area contributed by atoms with E-state index in [1.165, 1.54) is 24.3 Å². The maximum Gasteiger partial charge on any atom is 0.573 e. The van der Waals surface area contributed by atoms with Crippen LogP contribution in [-0.4, -0.2) is 40.4 Å². The molecule has 1 fully saturated rings. The highest BCUT2D eigenvalue weighted by atomic mass is 19.4. The van der Waals surface area contributed by atoms with Crippen molar-refractivity contribution in [1.82, 2.24) is 15.0 Å². The Morgan fingerprint density at radius 1 is 1.27 bits per heavy atom. The Kier molecular flexibility index (Phi) is 5.15. The first-order valence-electron chi connectivity index (χ1n) is 8.23. The van der Waals surface area contributed by atoms with Gasteiger partial charge in [-0.2, -0.15) is 4.98 Å². The Bertz CT molecular complexity index is 751. The van der Waals surface area contributed by atoms with E-state index in [1.54, 1.807) is 11.8 Å². The minimum atomic E-state index is -4.71. The van der Waals surface area contributed by atoms with E-state index in [-0.39, 0.29) is 17.6 Å². The number of carbonyl (C=O) groups excluding carboxylic acids is 1. The fourth-order valence-corrected chi connectivity index (χ4v) is 2.94. The molecule has 0 bridgehead atoms. The summed E-state index contributed by atoms with van der Waals surface area (Å²) in [6.07, 6.45) is -2.82. The van der Waals surface area contributed by atoms with E-state index in [0.29, 0.717) is 31.2 Å². The molecule has 6 nitrogen and oxygen atoms in total. The highest BCUT2D eigenvalue weighted by Crippen LogP contribution is 2.27. The first-order valence-corrected chi connectivity index (χ1v) is 8.23. The van der Waals surface area contributed by atoms with Gasteiger partial charge in [0, 0.05) is 32.4 Å². The van der Waals surface area contributed by atoms with Crippen molar-refractivity contribution in [3.05, 3.63) is 41.5 Å². The molecule has 1 amide bonds. The summed E-state index contributed by atoms with van der Waals surface area (Å²) in [4.78, 5) is 17.5. The van der Waals surface area contributed by atoms with Crippen LogP contribution in [0.5, 0.6) is 5.75 Å². The quantitative estimate of drug-likeness (QED) is 0.827. The number of carbonyl (C=O) groups is 1. The fraction of sp³-hybridized carbons (Fsp3) is 0.471. The van der Waals surface area contributed by atoms with Crippen LogP contribution < -0.4 is 4.74 Å². The molecule has 9 heteroatoms. The first kappa shape index (κ1) is 18.2. The van der Waals surface area contributed by atoms with Crippen LogP contribution in [0.1, 0.15) is 43.0 Å². The van der Waals surface area contributed by atoms with E-state index in [9.17, 15) is 18.0 Å². The average Bonchev–Trinajstić information content (AvgIpc) is 3.04. The summed E-state index contributed by atoms with van der Waals surface area (Å²) < 4.78 is 45.6. The molecule has 1 saturated heterocycles. The van der Waals surface area contributed by atoms with Crippen LogP contribution in [0.2, 0.25) is 0 Å². The van der Waals surface area contributed by atoms with Gasteiger partial charge in [-0.1, -0.05) is 17.3 Å². The normalized spacial score (nSPS) is 15.9. The lowest BCUT2D eigenvalue weighted by molar-refractivity contribution is -0.274. The largest absolute Gasteiger partial charge is 0.573 e. The van der Waals surface area contributed by atoms with E-state index < -0.39 is 6.36 Å². The van der Waals surface area contributed by atoms with Crippen molar-refractivity contribution in [2.45, 2.75) is 38.5 Å². The molecule has 2 aromatic rings. The van der Waals surface area contributed by atoms with Gasteiger partial charge in [0.15, 0.2) is 5.82 Å². The maximum atomic E-state index is 12.2. The molecule has 140 valence electrons. The number of rotatable bonds is 4. The Morgan fingerprint density at radius 2 is 1.92 bits per heavy atom. The van der Waals surface area contributed by atoms with Gasteiger partial charge in [0.1, 0.15) is 5.75 Å². The van der Waals surface area contributed by atoms with Gasteiger partial charge < -0.3 is 14.2 Å². The third-order valence-electron chi connectivity index (χ3n) is 4.29. The van der Waals surface area contributed by atoms with E-state index in [4.69, 9.17) is 4.52 Å². The Labute approximate surface area is 147 Å². The van der Waals surface area contributed by atoms with Gasteiger partial charge in [0.05, 0.1) is 0 Å². The molecule has 0 aliphatic carbocycles. The molecule has 0 atom stereocenters. The molecular weight excluding hydrogens is 351 g/mol. The highest BCUT2D eigenvalue weighted by Gasteiger charge is 2.31. The summed E-state index contributed by atoms with van der Waals surface area (Å²) in [5.74, 6) is 0.924. The third-order valence-corrected chi connectivity index (χ3v) is 4.29. The van der Waals surface area contributed by atoms with Crippen molar-refractivity contribution in [2.75, 3.05) is 13.1 Å². The highest BCUT2D eigenvalue weighted by molar-refractivity contribution is 5.73. The van der Waals surface area contributed by atoms with Crippen LogP contribution in [0.3, 0.4) is 0 Å². The minimum Gasteiger partial charge on any atom is -0.406 e. The standard InChI is InChI=1S/C17H18F3N3O3/c1-11(24)23-8-6-13(7-9-23)16-21-15(22-26-16)10-12-2-4-14(5-3-12)25-17(18,19)20/h2-5,13H,6-10H2,1H3. The van der Waals surface area contributed by atoms with Gasteiger partial charge in [-0.3, -0.25) is 4.79 Å². The van der Waals surface area contributed by atoms with E-state index >= 15 is 0 Å². The lowest BCUT2D eigenvalue weighted by atomic mass is 9.97. The average molecular weight is 369 g/mol. The molecule has 0 radical (unpaired) electrons. The number of halogens is 3. The number of aromatic nitrogens is 2. The first-order chi connectivity index (χ1) is 12.3. The lowest BCUT2D eigenvalue weighted by Gasteiger charge is -2.29. The molecular formula is C17H18F3N3O3. The fourth-order valence-electron chi connectivity index (χ4n) is 2.94. The Balaban J connectivity index is 1.58. The summed E-state index contributed by atoms with van der Waals surface area (Å²) in [5.41, 5.74) is 0.748. The van der Waals surface area contributed by atoms with Crippen molar-refractivity contribution < 1.29 is 27.2 Å². The Morgan fingerprint density at radius 3 is 2.50 bits per heavy atom. The summed E-state index contributed by atoms with van der Waals surface area (Å²) >= 11 is 0. The number of amides is 1. The molecule has 0 saturated carbocycles. The molecule has 0 N–H and O–H groups in total. The summed E-state index contributed by atoms with van der Waals surface area (Å²) in [5, 5.41) is 3.94. The van der Waals surface area contributed by atoms with Gasteiger partial charge in [-0.05, 0) is 30.5 Å². The number of hydrogen-bond acceptors (Lipinski definition) is 5. The zero-order valence-electron chi connectivity index (χ0n) is 14.1. The molecule has 1 aromatic carbocycles. The van der Waals surface area contributed by atoms with Gasteiger partial charge >= 0.3 is 6.36 Å². The molecule has 3 rings (SSSR count). The zero-order chi connectivity index (χ0) is 18.7. The van der Waals surface area contributed by atoms with Gasteiger partial charge in [-0.15, -0.1) is 13.2 Å². The number of piperidine rings is 1. The number of ether oxygens (including phenoxy) is 1. The molecule has 26 heavy (non-hydrogen) atoms. The zero-order valence-corrected chi connectivity index (χ0v) is 14.1. The molecule has 2 heterocycles. The van der Waals surface area contributed by atoms with Crippen molar-refractivity contribution in [3.63, 3.8) is 0 Å². The van der Waals surface area contributed by atoms with Gasteiger partial charge in [0.2, 0.25) is 11.8 Å². The van der Waals surface area contributed by atoms with Crippen LogP contribution in [0.4, 0.5) is 13.2 Å². The van der Waals surface area contributed by atoms with Gasteiger partial charge in [-0.25, -0.2) is 0 Å². The van der Waals surface area contributed by atoms with E-state index in [0.717, 1.165) is 18.4 Å². The second-order valence-corrected chi connectivity index (χ2v) is 6.20. The molecule has 1 aliphatic heterocycles. The second-order valence-electron chi connectivity index (χ2n) is 6.20. The number of nitrogens with zero attached hydrogens (tertiary/aromatic N) is 3.